The minimum absolute atomic E-state index is 0.453. The van der Waals surface area contributed by atoms with Crippen molar-refractivity contribution in [3.8, 4) is 0 Å². The van der Waals surface area contributed by atoms with Crippen molar-refractivity contribution in [2.45, 2.75) is 25.9 Å². The zero-order valence-electron chi connectivity index (χ0n) is 8.50. The van der Waals surface area contributed by atoms with Crippen molar-refractivity contribution >= 4 is 18.5 Å². The molecule has 0 spiro atoms. The third kappa shape index (κ3) is 1.74. The molecule has 1 aliphatic heterocycles. The lowest BCUT2D eigenvalue weighted by molar-refractivity contribution is 0.930. The molecule has 1 aliphatic rings. The fraction of sp³-hybridized carbons (Fsp3) is 0.333. The van der Waals surface area contributed by atoms with E-state index in [2.05, 4.69) is 44.2 Å². The second-order valence-corrected chi connectivity index (χ2v) is 6.82. The summed E-state index contributed by atoms with van der Waals surface area (Å²) in [6.45, 7) is 4.38. The van der Waals surface area contributed by atoms with E-state index in [-0.39, 0.29) is 0 Å². The quantitative estimate of drug-likeness (QED) is 0.585. The van der Waals surface area contributed by atoms with E-state index in [0.29, 0.717) is 5.66 Å². The molecule has 1 aromatic rings. The summed E-state index contributed by atoms with van der Waals surface area (Å²) < 4.78 is 0. The van der Waals surface area contributed by atoms with Gasteiger partial charge in [-0.25, -0.2) is 0 Å². The molecular weight excluding hydrogens is 211 g/mol. The summed E-state index contributed by atoms with van der Waals surface area (Å²) in [6.07, 6.45) is 1.14. The molecule has 2 rings (SSSR count). The molecule has 0 bridgehead atoms. The molecule has 0 aromatic heterocycles. The Morgan fingerprint density at radius 2 is 1.86 bits per heavy atom. The summed E-state index contributed by atoms with van der Waals surface area (Å²) >= 11 is 6.47. The molecule has 0 saturated heterocycles. The van der Waals surface area contributed by atoms with Crippen LogP contribution in [0, 0.1) is 0 Å². The van der Waals surface area contributed by atoms with Gasteiger partial charge in [-0.3, -0.25) is 0 Å². The van der Waals surface area contributed by atoms with E-state index in [9.17, 15) is 0 Å². The fourth-order valence-corrected chi connectivity index (χ4v) is 4.63. The average Bonchev–Trinajstić information content (AvgIpc) is 2.47. The van der Waals surface area contributed by atoms with E-state index in [1.165, 1.54) is 16.5 Å². The Hall–Kier alpha value is -0.320. The second-order valence-electron chi connectivity index (χ2n) is 3.81. The van der Waals surface area contributed by atoms with Gasteiger partial charge in [0.2, 0.25) is 0 Å². The lowest BCUT2D eigenvalue weighted by Crippen LogP contribution is -1.89. The molecule has 0 N–H and O–H groups in total. The predicted molar refractivity (Wildman–Crippen MR) is 64.9 cm³/mol. The summed E-state index contributed by atoms with van der Waals surface area (Å²) in [5, 5.41) is 1.43. The van der Waals surface area contributed by atoms with E-state index >= 15 is 0 Å². The zero-order chi connectivity index (χ0) is 10.1. The Morgan fingerprint density at radius 3 is 2.36 bits per heavy atom. The molecular formula is C12H14ClP. The van der Waals surface area contributed by atoms with Crippen molar-refractivity contribution < 1.29 is 0 Å². The first-order valence-electron chi connectivity index (χ1n) is 4.86. The fourth-order valence-electron chi connectivity index (χ4n) is 1.86. The van der Waals surface area contributed by atoms with Crippen LogP contribution in [0.4, 0.5) is 0 Å². The Balaban J connectivity index is 2.25. The van der Waals surface area contributed by atoms with Crippen LogP contribution in [0.3, 0.4) is 0 Å². The molecule has 2 heteroatoms. The van der Waals surface area contributed by atoms with Crippen LogP contribution in [0.25, 0.3) is 0 Å². The minimum Gasteiger partial charge on any atom is -0.0909 e. The maximum Gasteiger partial charge on any atom is 0.0255 e. The van der Waals surface area contributed by atoms with Gasteiger partial charge in [-0.15, -0.1) is 0 Å². The lowest BCUT2D eigenvalue weighted by atomic mass is 10.1. The van der Waals surface area contributed by atoms with Gasteiger partial charge in [0, 0.05) is 12.9 Å². The average molecular weight is 225 g/mol. The number of benzene rings is 1. The Morgan fingerprint density at radius 1 is 1.21 bits per heavy atom. The van der Waals surface area contributed by atoms with Crippen LogP contribution in [-0.4, -0.2) is 0 Å². The largest absolute Gasteiger partial charge is 0.0909 e. The maximum atomic E-state index is 6.47. The van der Waals surface area contributed by atoms with Gasteiger partial charge >= 0.3 is 0 Å². The third-order valence-corrected chi connectivity index (χ3v) is 6.41. The molecule has 0 fully saturated rings. The van der Waals surface area contributed by atoms with Crippen molar-refractivity contribution in [1.29, 1.82) is 0 Å². The number of hydrogen-bond acceptors (Lipinski definition) is 0. The van der Waals surface area contributed by atoms with Crippen LogP contribution in [0.2, 0.25) is 0 Å². The van der Waals surface area contributed by atoms with Crippen molar-refractivity contribution in [2.75, 3.05) is 0 Å². The molecule has 0 aliphatic carbocycles. The highest BCUT2D eigenvalue weighted by molar-refractivity contribution is 7.87. The van der Waals surface area contributed by atoms with Gasteiger partial charge in [0.15, 0.2) is 0 Å². The second kappa shape index (κ2) is 4.04. The first-order valence-corrected chi connectivity index (χ1v) is 7.18. The van der Waals surface area contributed by atoms with Crippen LogP contribution in [-0.2, 0) is 0 Å². The minimum atomic E-state index is -0.453. The van der Waals surface area contributed by atoms with Crippen LogP contribution in [0.15, 0.2) is 41.2 Å². The van der Waals surface area contributed by atoms with Gasteiger partial charge < -0.3 is 0 Å². The van der Waals surface area contributed by atoms with Crippen LogP contribution >= 0.6 is 18.5 Å². The van der Waals surface area contributed by atoms with Crippen LogP contribution < -0.4 is 0 Å². The summed E-state index contributed by atoms with van der Waals surface area (Å²) in [5.74, 6) is 0. The number of halogens is 1. The summed E-state index contributed by atoms with van der Waals surface area (Å²) in [6, 6.07) is 10.6. The van der Waals surface area contributed by atoms with E-state index in [1.54, 1.807) is 0 Å². The highest BCUT2D eigenvalue weighted by Gasteiger charge is 2.29. The summed E-state index contributed by atoms with van der Waals surface area (Å²) in [5.41, 5.74) is 3.43. The molecule has 0 radical (unpaired) electrons. The van der Waals surface area contributed by atoms with Gasteiger partial charge in [-0.2, -0.15) is 0 Å². The van der Waals surface area contributed by atoms with Crippen molar-refractivity contribution in [1.82, 2.24) is 0 Å². The van der Waals surface area contributed by atoms with Gasteiger partial charge in [-0.05, 0) is 31.1 Å². The zero-order valence-corrected chi connectivity index (χ0v) is 10.1. The summed E-state index contributed by atoms with van der Waals surface area (Å²) in [4.78, 5) is 0. The maximum absolute atomic E-state index is 6.47. The molecule has 0 amide bonds. The van der Waals surface area contributed by atoms with Gasteiger partial charge in [-0.1, -0.05) is 47.1 Å². The van der Waals surface area contributed by atoms with E-state index in [1.807, 2.05) is 0 Å². The Kier molecular flexibility index (Phi) is 2.95. The van der Waals surface area contributed by atoms with Gasteiger partial charge in [0.1, 0.15) is 0 Å². The standard InChI is InChI=1S/C12H14ClP/c1-9-8-12(14(13)10(9)2)11-6-4-3-5-7-11/h3-7,12H,8H2,1-2H3. The molecule has 0 nitrogen and oxygen atoms in total. The first-order chi connectivity index (χ1) is 6.70. The van der Waals surface area contributed by atoms with E-state index < -0.39 is 7.27 Å². The molecule has 1 aromatic carbocycles. The molecule has 2 atom stereocenters. The Bertz CT molecular complexity index is 356. The molecule has 2 unspecified atom stereocenters. The summed E-state index contributed by atoms with van der Waals surface area (Å²) in [7, 11) is -0.453. The third-order valence-electron chi connectivity index (χ3n) is 2.90. The highest BCUT2D eigenvalue weighted by atomic mass is 35.7. The Labute approximate surface area is 91.5 Å². The number of rotatable bonds is 1. The van der Waals surface area contributed by atoms with Crippen LogP contribution in [0.1, 0.15) is 31.5 Å². The SMILES string of the molecule is CC1=C(C)P(Cl)C(c2ccccc2)C1. The van der Waals surface area contributed by atoms with Crippen molar-refractivity contribution in [2.24, 2.45) is 0 Å². The smallest absolute Gasteiger partial charge is 0.0255 e. The van der Waals surface area contributed by atoms with E-state index in [4.69, 9.17) is 11.2 Å². The van der Waals surface area contributed by atoms with E-state index in [0.717, 1.165) is 6.42 Å². The topological polar surface area (TPSA) is 0 Å². The van der Waals surface area contributed by atoms with Gasteiger partial charge in [0.25, 0.3) is 0 Å². The first kappa shape index (κ1) is 10.2. The molecule has 0 saturated carbocycles. The van der Waals surface area contributed by atoms with Crippen molar-refractivity contribution in [3.63, 3.8) is 0 Å². The normalized spacial score (nSPS) is 27.1. The molecule has 14 heavy (non-hydrogen) atoms. The predicted octanol–water partition coefficient (Wildman–Crippen LogP) is 5.06. The number of allylic oxidation sites excluding steroid dienone is 2. The van der Waals surface area contributed by atoms with Crippen LogP contribution in [0.5, 0.6) is 0 Å². The molecule has 74 valence electrons. The van der Waals surface area contributed by atoms with Gasteiger partial charge in [0.05, 0.1) is 0 Å². The monoisotopic (exact) mass is 224 g/mol. The number of hydrogen-bond donors (Lipinski definition) is 0. The van der Waals surface area contributed by atoms with Crippen molar-refractivity contribution in [3.05, 3.63) is 46.8 Å². The lowest BCUT2D eigenvalue weighted by Gasteiger charge is -2.15. The molecule has 1 heterocycles. The highest BCUT2D eigenvalue weighted by Crippen LogP contribution is 2.68.